The van der Waals surface area contributed by atoms with Crippen LogP contribution in [0.5, 0.6) is 0 Å². The summed E-state index contributed by atoms with van der Waals surface area (Å²) in [7, 11) is 0. The molecule has 2 aromatic rings. The summed E-state index contributed by atoms with van der Waals surface area (Å²) in [6.45, 7) is 5.38. The lowest BCUT2D eigenvalue weighted by atomic mass is 10.1. The molecule has 0 unspecified atom stereocenters. The van der Waals surface area contributed by atoms with Crippen LogP contribution in [0.4, 0.5) is 11.4 Å². The first-order valence-electron chi connectivity index (χ1n) is 6.72. The Bertz CT molecular complexity index is 673. The normalized spacial score (nSPS) is 10.0. The Morgan fingerprint density at radius 3 is 2.14 bits per heavy atom. The minimum Gasteiger partial charge on any atom is -0.326 e. The number of benzene rings is 2. The number of hydrogen-bond acceptors (Lipinski definition) is 2. The number of carbonyl (C=O) groups excluding carboxylic acids is 2. The number of hydrogen-bond donors (Lipinski definition) is 2. The maximum atomic E-state index is 12.4. The summed E-state index contributed by atoms with van der Waals surface area (Å²) in [6.07, 6.45) is 0. The summed E-state index contributed by atoms with van der Waals surface area (Å²) in [5.74, 6) is -0.453. The van der Waals surface area contributed by atoms with E-state index >= 15 is 0 Å². The molecule has 0 saturated heterocycles. The molecule has 0 aromatic heterocycles. The van der Waals surface area contributed by atoms with Gasteiger partial charge < -0.3 is 10.6 Å². The monoisotopic (exact) mass is 282 g/mol. The standard InChI is InChI=1S/C17H18N2O2/c1-11-8-12(2)10-14(9-11)19-17(21)15-6-4-5-7-16(15)18-13(3)20/h4-10H,1-3H3,(H,18,20)(H,19,21). The zero-order valence-electron chi connectivity index (χ0n) is 12.4. The van der Waals surface area contributed by atoms with Crippen molar-refractivity contribution >= 4 is 23.2 Å². The number of carbonyl (C=O) groups is 2. The third kappa shape index (κ3) is 3.92. The van der Waals surface area contributed by atoms with Gasteiger partial charge >= 0.3 is 0 Å². The summed E-state index contributed by atoms with van der Waals surface area (Å²) in [6, 6.07) is 12.8. The first kappa shape index (κ1) is 14.8. The van der Waals surface area contributed by atoms with Crippen molar-refractivity contribution < 1.29 is 9.59 Å². The number of aryl methyl sites for hydroxylation is 2. The van der Waals surface area contributed by atoms with Crippen molar-refractivity contribution in [1.29, 1.82) is 0 Å². The molecule has 0 spiro atoms. The minimum absolute atomic E-state index is 0.207. The predicted molar refractivity (Wildman–Crippen MR) is 84.6 cm³/mol. The van der Waals surface area contributed by atoms with Gasteiger partial charge in [0, 0.05) is 12.6 Å². The van der Waals surface area contributed by atoms with E-state index in [0.29, 0.717) is 11.3 Å². The average molecular weight is 282 g/mol. The zero-order valence-corrected chi connectivity index (χ0v) is 12.4. The van der Waals surface area contributed by atoms with Crippen molar-refractivity contribution in [3.8, 4) is 0 Å². The number of anilines is 2. The van der Waals surface area contributed by atoms with E-state index in [1.54, 1.807) is 24.3 Å². The molecule has 0 fully saturated rings. The van der Waals surface area contributed by atoms with E-state index in [0.717, 1.165) is 16.8 Å². The van der Waals surface area contributed by atoms with Crippen LogP contribution in [0.25, 0.3) is 0 Å². The van der Waals surface area contributed by atoms with Gasteiger partial charge in [-0.05, 0) is 49.2 Å². The lowest BCUT2D eigenvalue weighted by molar-refractivity contribution is -0.114. The van der Waals surface area contributed by atoms with E-state index in [9.17, 15) is 9.59 Å². The largest absolute Gasteiger partial charge is 0.326 e. The Morgan fingerprint density at radius 1 is 0.905 bits per heavy atom. The molecule has 0 aliphatic carbocycles. The Morgan fingerprint density at radius 2 is 1.52 bits per heavy atom. The highest BCUT2D eigenvalue weighted by Gasteiger charge is 2.12. The zero-order chi connectivity index (χ0) is 15.4. The molecule has 108 valence electrons. The molecule has 21 heavy (non-hydrogen) atoms. The molecule has 0 saturated carbocycles. The highest BCUT2D eigenvalue weighted by Crippen LogP contribution is 2.19. The molecule has 0 aliphatic rings. The van der Waals surface area contributed by atoms with Crippen molar-refractivity contribution in [1.82, 2.24) is 0 Å². The number of amides is 2. The molecule has 2 rings (SSSR count). The summed E-state index contributed by atoms with van der Waals surface area (Å²) < 4.78 is 0. The highest BCUT2D eigenvalue weighted by molar-refractivity contribution is 6.09. The molecule has 2 amide bonds. The van der Waals surface area contributed by atoms with Gasteiger partial charge in [0.2, 0.25) is 5.91 Å². The van der Waals surface area contributed by atoms with E-state index in [-0.39, 0.29) is 11.8 Å². The molecule has 0 radical (unpaired) electrons. The number of para-hydroxylation sites is 1. The third-order valence-corrected chi connectivity index (χ3v) is 2.96. The second-order valence-electron chi connectivity index (χ2n) is 5.06. The van der Waals surface area contributed by atoms with Crippen LogP contribution in [0.15, 0.2) is 42.5 Å². The number of rotatable bonds is 3. The Hall–Kier alpha value is -2.62. The summed E-state index contributed by atoms with van der Waals surface area (Å²) in [5.41, 5.74) is 3.86. The Labute approximate surface area is 124 Å². The average Bonchev–Trinajstić information content (AvgIpc) is 2.37. The fraction of sp³-hybridized carbons (Fsp3) is 0.176. The lowest BCUT2D eigenvalue weighted by Crippen LogP contribution is -2.16. The topological polar surface area (TPSA) is 58.2 Å². The maximum absolute atomic E-state index is 12.4. The van der Waals surface area contributed by atoms with E-state index in [1.807, 2.05) is 32.0 Å². The molecule has 4 nitrogen and oxygen atoms in total. The molecule has 2 aromatic carbocycles. The SMILES string of the molecule is CC(=O)Nc1ccccc1C(=O)Nc1cc(C)cc(C)c1. The molecule has 0 aliphatic heterocycles. The molecule has 4 heteroatoms. The van der Waals surface area contributed by atoms with Crippen LogP contribution in [0.2, 0.25) is 0 Å². The van der Waals surface area contributed by atoms with Crippen LogP contribution in [0.3, 0.4) is 0 Å². The first-order chi connectivity index (χ1) is 9.95. The molecule has 0 heterocycles. The van der Waals surface area contributed by atoms with Gasteiger partial charge in [-0.25, -0.2) is 0 Å². The van der Waals surface area contributed by atoms with Gasteiger partial charge in [0.05, 0.1) is 11.3 Å². The highest BCUT2D eigenvalue weighted by atomic mass is 16.2. The van der Waals surface area contributed by atoms with Crippen LogP contribution < -0.4 is 10.6 Å². The quantitative estimate of drug-likeness (QED) is 0.905. The summed E-state index contributed by atoms with van der Waals surface area (Å²) >= 11 is 0. The maximum Gasteiger partial charge on any atom is 0.257 e. The van der Waals surface area contributed by atoms with Crippen LogP contribution in [0, 0.1) is 13.8 Å². The van der Waals surface area contributed by atoms with E-state index in [4.69, 9.17) is 0 Å². The lowest BCUT2D eigenvalue weighted by Gasteiger charge is -2.11. The Kier molecular flexibility index (Phi) is 4.38. The predicted octanol–water partition coefficient (Wildman–Crippen LogP) is 3.51. The van der Waals surface area contributed by atoms with E-state index < -0.39 is 0 Å². The van der Waals surface area contributed by atoms with Gasteiger partial charge in [0.25, 0.3) is 5.91 Å². The smallest absolute Gasteiger partial charge is 0.257 e. The summed E-state index contributed by atoms with van der Waals surface area (Å²) in [4.78, 5) is 23.6. The van der Waals surface area contributed by atoms with Crippen molar-refractivity contribution in [3.05, 3.63) is 59.2 Å². The molecule has 0 atom stereocenters. The van der Waals surface area contributed by atoms with Crippen molar-refractivity contribution in [2.75, 3.05) is 10.6 Å². The van der Waals surface area contributed by atoms with Gasteiger partial charge in [-0.15, -0.1) is 0 Å². The first-order valence-corrected chi connectivity index (χ1v) is 6.72. The summed E-state index contributed by atoms with van der Waals surface area (Å²) in [5, 5.41) is 5.53. The molecular weight excluding hydrogens is 264 g/mol. The number of nitrogens with one attached hydrogen (secondary N) is 2. The fourth-order valence-corrected chi connectivity index (χ4v) is 2.23. The van der Waals surface area contributed by atoms with Gasteiger partial charge in [-0.3, -0.25) is 9.59 Å². The van der Waals surface area contributed by atoms with Crippen molar-refractivity contribution in [3.63, 3.8) is 0 Å². The van der Waals surface area contributed by atoms with E-state index in [1.165, 1.54) is 6.92 Å². The fourth-order valence-electron chi connectivity index (χ4n) is 2.23. The van der Waals surface area contributed by atoms with Crippen LogP contribution in [-0.2, 0) is 4.79 Å². The Balaban J connectivity index is 2.26. The second kappa shape index (κ2) is 6.22. The second-order valence-corrected chi connectivity index (χ2v) is 5.06. The van der Waals surface area contributed by atoms with Gasteiger partial charge in [-0.1, -0.05) is 18.2 Å². The van der Waals surface area contributed by atoms with Gasteiger partial charge in [-0.2, -0.15) is 0 Å². The van der Waals surface area contributed by atoms with Crippen molar-refractivity contribution in [2.45, 2.75) is 20.8 Å². The van der Waals surface area contributed by atoms with Crippen LogP contribution in [-0.4, -0.2) is 11.8 Å². The molecule has 2 N–H and O–H groups in total. The third-order valence-electron chi connectivity index (χ3n) is 2.96. The minimum atomic E-state index is -0.246. The van der Waals surface area contributed by atoms with Gasteiger partial charge in [0.15, 0.2) is 0 Å². The molecule has 0 bridgehead atoms. The van der Waals surface area contributed by atoms with Crippen molar-refractivity contribution in [2.24, 2.45) is 0 Å². The van der Waals surface area contributed by atoms with Crippen LogP contribution in [0.1, 0.15) is 28.4 Å². The van der Waals surface area contributed by atoms with Gasteiger partial charge in [0.1, 0.15) is 0 Å². The van der Waals surface area contributed by atoms with E-state index in [2.05, 4.69) is 10.6 Å². The van der Waals surface area contributed by atoms with Crippen LogP contribution >= 0.6 is 0 Å². The molecular formula is C17H18N2O2.